The SMILES string of the molecule is C=CCN(c1ccc(C(C)O)c(Br)c1)C(C)(C)C. The van der Waals surface area contributed by atoms with Crippen LogP contribution in [0.15, 0.2) is 35.3 Å². The van der Waals surface area contributed by atoms with Crippen LogP contribution in [0.4, 0.5) is 5.69 Å². The second-order valence-corrected chi connectivity index (χ2v) is 6.31. The zero-order valence-corrected chi connectivity index (χ0v) is 13.2. The second kappa shape index (κ2) is 5.89. The molecule has 0 saturated heterocycles. The fourth-order valence-electron chi connectivity index (χ4n) is 1.92. The molecule has 3 heteroatoms. The first-order valence-electron chi connectivity index (χ1n) is 6.13. The van der Waals surface area contributed by atoms with Gasteiger partial charge in [-0.15, -0.1) is 6.58 Å². The molecule has 0 aliphatic rings. The highest BCUT2D eigenvalue weighted by Crippen LogP contribution is 2.31. The summed E-state index contributed by atoms with van der Waals surface area (Å²) >= 11 is 3.52. The Labute approximate surface area is 118 Å². The first kappa shape index (κ1) is 15.3. The van der Waals surface area contributed by atoms with Gasteiger partial charge >= 0.3 is 0 Å². The van der Waals surface area contributed by atoms with Crippen molar-refractivity contribution < 1.29 is 5.11 Å². The Morgan fingerprint density at radius 2 is 2.06 bits per heavy atom. The summed E-state index contributed by atoms with van der Waals surface area (Å²) in [6.07, 6.45) is 1.44. The molecule has 0 saturated carbocycles. The lowest BCUT2D eigenvalue weighted by atomic mass is 10.0. The summed E-state index contributed by atoms with van der Waals surface area (Å²) in [6, 6.07) is 6.06. The Morgan fingerprint density at radius 3 is 2.44 bits per heavy atom. The third-order valence-corrected chi connectivity index (χ3v) is 3.55. The van der Waals surface area contributed by atoms with Crippen molar-refractivity contribution in [2.45, 2.75) is 39.3 Å². The number of benzene rings is 1. The minimum atomic E-state index is -0.462. The lowest BCUT2D eigenvalue weighted by Crippen LogP contribution is -2.41. The maximum atomic E-state index is 9.64. The van der Waals surface area contributed by atoms with E-state index in [9.17, 15) is 5.11 Å². The zero-order chi connectivity index (χ0) is 13.9. The monoisotopic (exact) mass is 311 g/mol. The quantitative estimate of drug-likeness (QED) is 0.838. The Bertz CT molecular complexity index is 421. The average Bonchev–Trinajstić information content (AvgIpc) is 2.23. The van der Waals surface area contributed by atoms with Crippen molar-refractivity contribution in [2.75, 3.05) is 11.4 Å². The number of aliphatic hydroxyl groups is 1. The lowest BCUT2D eigenvalue weighted by Gasteiger charge is -2.37. The molecule has 1 unspecified atom stereocenters. The number of rotatable bonds is 4. The van der Waals surface area contributed by atoms with Crippen molar-refractivity contribution >= 4 is 21.6 Å². The van der Waals surface area contributed by atoms with Gasteiger partial charge in [0, 0.05) is 22.2 Å². The van der Waals surface area contributed by atoms with Crippen LogP contribution in [0, 0.1) is 0 Å². The van der Waals surface area contributed by atoms with Gasteiger partial charge in [0.25, 0.3) is 0 Å². The zero-order valence-electron chi connectivity index (χ0n) is 11.6. The molecule has 1 aromatic carbocycles. The van der Waals surface area contributed by atoms with Gasteiger partial charge in [-0.25, -0.2) is 0 Å². The summed E-state index contributed by atoms with van der Waals surface area (Å²) in [5.41, 5.74) is 2.06. The van der Waals surface area contributed by atoms with E-state index in [1.54, 1.807) is 6.92 Å². The van der Waals surface area contributed by atoms with Crippen molar-refractivity contribution in [1.29, 1.82) is 0 Å². The number of halogens is 1. The van der Waals surface area contributed by atoms with Crippen molar-refractivity contribution in [2.24, 2.45) is 0 Å². The summed E-state index contributed by atoms with van der Waals surface area (Å²) in [7, 11) is 0. The summed E-state index contributed by atoms with van der Waals surface area (Å²) in [5, 5.41) is 9.64. The average molecular weight is 312 g/mol. The molecule has 0 spiro atoms. The number of nitrogens with zero attached hydrogens (tertiary/aromatic N) is 1. The molecule has 0 radical (unpaired) electrons. The molecule has 0 bridgehead atoms. The van der Waals surface area contributed by atoms with E-state index in [0.29, 0.717) is 0 Å². The summed E-state index contributed by atoms with van der Waals surface area (Å²) in [6.45, 7) is 12.9. The van der Waals surface area contributed by atoms with Crippen LogP contribution < -0.4 is 4.90 Å². The Kier molecular flexibility index (Phi) is 5.00. The van der Waals surface area contributed by atoms with Crippen LogP contribution in [0.3, 0.4) is 0 Å². The van der Waals surface area contributed by atoms with Gasteiger partial charge in [0.05, 0.1) is 6.10 Å². The van der Waals surface area contributed by atoms with E-state index in [-0.39, 0.29) is 5.54 Å². The van der Waals surface area contributed by atoms with Gasteiger partial charge in [0.1, 0.15) is 0 Å². The van der Waals surface area contributed by atoms with E-state index in [0.717, 1.165) is 22.3 Å². The molecule has 0 amide bonds. The van der Waals surface area contributed by atoms with E-state index in [4.69, 9.17) is 0 Å². The maximum absolute atomic E-state index is 9.64. The highest BCUT2D eigenvalue weighted by Gasteiger charge is 2.21. The molecule has 0 heterocycles. The molecule has 2 nitrogen and oxygen atoms in total. The van der Waals surface area contributed by atoms with Crippen LogP contribution >= 0.6 is 15.9 Å². The van der Waals surface area contributed by atoms with Gasteiger partial charge in [0.2, 0.25) is 0 Å². The van der Waals surface area contributed by atoms with Crippen LogP contribution in [0.25, 0.3) is 0 Å². The summed E-state index contributed by atoms with van der Waals surface area (Å²) < 4.78 is 0.938. The third-order valence-electron chi connectivity index (χ3n) is 2.87. The molecule has 18 heavy (non-hydrogen) atoms. The van der Waals surface area contributed by atoms with Gasteiger partial charge in [-0.2, -0.15) is 0 Å². The van der Waals surface area contributed by atoms with Crippen molar-refractivity contribution in [3.63, 3.8) is 0 Å². The van der Waals surface area contributed by atoms with Crippen molar-refractivity contribution in [1.82, 2.24) is 0 Å². The van der Waals surface area contributed by atoms with E-state index in [1.807, 2.05) is 18.2 Å². The van der Waals surface area contributed by atoms with Crippen molar-refractivity contribution in [3.8, 4) is 0 Å². The molecule has 100 valence electrons. The highest BCUT2D eigenvalue weighted by molar-refractivity contribution is 9.10. The lowest BCUT2D eigenvalue weighted by molar-refractivity contribution is 0.198. The van der Waals surface area contributed by atoms with E-state index in [2.05, 4.69) is 54.2 Å². The summed E-state index contributed by atoms with van der Waals surface area (Å²) in [4.78, 5) is 2.27. The van der Waals surface area contributed by atoms with E-state index < -0.39 is 6.10 Å². The summed E-state index contributed by atoms with van der Waals surface area (Å²) in [5.74, 6) is 0. The van der Waals surface area contributed by atoms with Crippen LogP contribution in [-0.4, -0.2) is 17.2 Å². The molecule has 1 rings (SSSR count). The molecule has 0 aromatic heterocycles. The van der Waals surface area contributed by atoms with Crippen LogP contribution in [0.5, 0.6) is 0 Å². The normalized spacial score (nSPS) is 13.2. The first-order valence-corrected chi connectivity index (χ1v) is 6.92. The number of anilines is 1. The third kappa shape index (κ3) is 3.59. The van der Waals surface area contributed by atoms with E-state index in [1.165, 1.54) is 0 Å². The molecule has 0 fully saturated rings. The van der Waals surface area contributed by atoms with E-state index >= 15 is 0 Å². The molecule has 1 atom stereocenters. The van der Waals surface area contributed by atoms with Gasteiger partial charge in [-0.1, -0.05) is 28.1 Å². The fraction of sp³-hybridized carbons (Fsp3) is 0.467. The van der Waals surface area contributed by atoms with Crippen LogP contribution in [0.2, 0.25) is 0 Å². The Hall–Kier alpha value is -0.800. The number of aliphatic hydroxyl groups excluding tert-OH is 1. The highest BCUT2D eigenvalue weighted by atomic mass is 79.9. The van der Waals surface area contributed by atoms with Crippen molar-refractivity contribution in [3.05, 3.63) is 40.9 Å². The van der Waals surface area contributed by atoms with Gasteiger partial charge in [-0.3, -0.25) is 0 Å². The van der Waals surface area contributed by atoms with Crippen LogP contribution in [0.1, 0.15) is 39.4 Å². The molecular weight excluding hydrogens is 290 g/mol. The predicted molar refractivity (Wildman–Crippen MR) is 82.1 cm³/mol. The molecule has 0 aliphatic heterocycles. The smallest absolute Gasteiger partial charge is 0.0772 e. The predicted octanol–water partition coefficient (Wildman–Crippen LogP) is 4.29. The number of hydrogen-bond acceptors (Lipinski definition) is 2. The van der Waals surface area contributed by atoms with Gasteiger partial charge < -0.3 is 10.0 Å². The fourth-order valence-corrected chi connectivity index (χ4v) is 2.62. The topological polar surface area (TPSA) is 23.5 Å². The number of hydrogen-bond donors (Lipinski definition) is 1. The molecule has 1 N–H and O–H groups in total. The molecule has 0 aliphatic carbocycles. The minimum Gasteiger partial charge on any atom is -0.389 e. The van der Waals surface area contributed by atoms with Gasteiger partial charge in [-0.05, 0) is 45.4 Å². The standard InChI is InChI=1S/C15H22BrNO/c1-6-9-17(15(3,4)5)12-7-8-13(11(2)18)14(16)10-12/h6-8,10-11,18H,1,9H2,2-5H3. The first-order chi connectivity index (χ1) is 8.27. The maximum Gasteiger partial charge on any atom is 0.0772 e. The molecular formula is C15H22BrNO. The largest absolute Gasteiger partial charge is 0.389 e. The Balaban J connectivity index is 3.15. The second-order valence-electron chi connectivity index (χ2n) is 5.45. The van der Waals surface area contributed by atoms with Gasteiger partial charge in [0.15, 0.2) is 0 Å². The van der Waals surface area contributed by atoms with Crippen LogP contribution in [-0.2, 0) is 0 Å². The Morgan fingerprint density at radius 1 is 1.44 bits per heavy atom. The minimum absolute atomic E-state index is 0.0278. The molecule has 1 aromatic rings.